The highest BCUT2D eigenvalue weighted by Crippen LogP contribution is 2.37. The number of hydrogen-bond acceptors (Lipinski definition) is 3. The number of sulfonamides is 1. The van der Waals surface area contributed by atoms with Gasteiger partial charge in [0.15, 0.2) is 0 Å². The highest BCUT2D eigenvalue weighted by molar-refractivity contribution is 7.92. The zero-order valence-corrected chi connectivity index (χ0v) is 20.6. The van der Waals surface area contributed by atoms with E-state index in [0.717, 1.165) is 41.0 Å². The van der Waals surface area contributed by atoms with Crippen LogP contribution in [0.5, 0.6) is 0 Å². The van der Waals surface area contributed by atoms with Crippen LogP contribution in [0.3, 0.4) is 0 Å². The molecule has 4 aromatic rings. The van der Waals surface area contributed by atoms with E-state index in [4.69, 9.17) is 11.6 Å². The first-order valence-corrected chi connectivity index (χ1v) is 12.9. The molecule has 0 radical (unpaired) electrons. The molecule has 0 N–H and O–H groups in total. The van der Waals surface area contributed by atoms with E-state index in [1.807, 2.05) is 29.0 Å². The maximum atomic E-state index is 15.0. The summed E-state index contributed by atoms with van der Waals surface area (Å²) in [5.74, 6) is -1.58. The van der Waals surface area contributed by atoms with Crippen LogP contribution < -0.4 is 4.31 Å². The third kappa shape index (κ3) is 5.55. The summed E-state index contributed by atoms with van der Waals surface area (Å²) in [5, 5.41) is 0.365. The lowest BCUT2D eigenvalue weighted by molar-refractivity contribution is 0.569. The number of rotatable bonds is 9. The third-order valence-corrected chi connectivity index (χ3v) is 7.95. The molecule has 5 nitrogen and oxygen atoms in total. The molecule has 0 fully saturated rings. The Hall–Kier alpha value is -3.23. The van der Waals surface area contributed by atoms with Crippen molar-refractivity contribution in [3.05, 3.63) is 113 Å². The Morgan fingerprint density at radius 3 is 2.51 bits per heavy atom. The second-order valence-corrected chi connectivity index (χ2v) is 10.4. The largest absolute Gasteiger partial charge is 0.337 e. The Balaban J connectivity index is 1.75. The van der Waals surface area contributed by atoms with Gasteiger partial charge in [0.25, 0.3) is 10.0 Å². The molecule has 3 aromatic carbocycles. The monoisotopic (exact) mass is 515 g/mol. The van der Waals surface area contributed by atoms with Crippen molar-refractivity contribution in [1.82, 2.24) is 9.55 Å². The molecule has 4 rings (SSSR count). The van der Waals surface area contributed by atoms with Crippen molar-refractivity contribution in [1.29, 1.82) is 0 Å². The predicted octanol–water partition coefficient (Wildman–Crippen LogP) is 6.40. The Kier molecular flexibility index (Phi) is 7.52. The molecule has 9 heteroatoms. The Morgan fingerprint density at radius 2 is 1.80 bits per heavy atom. The van der Waals surface area contributed by atoms with Crippen LogP contribution in [0.2, 0.25) is 5.02 Å². The molecule has 0 bridgehead atoms. The molecule has 0 aliphatic carbocycles. The first kappa shape index (κ1) is 24.9. The summed E-state index contributed by atoms with van der Waals surface area (Å²) < 4.78 is 59.6. The fourth-order valence-electron chi connectivity index (χ4n) is 4.09. The summed E-state index contributed by atoms with van der Waals surface area (Å²) in [6.45, 7) is 2.42. The molecule has 0 unspecified atom stereocenters. The van der Waals surface area contributed by atoms with E-state index in [9.17, 15) is 17.2 Å². The van der Waals surface area contributed by atoms with Gasteiger partial charge in [-0.2, -0.15) is 0 Å². The van der Waals surface area contributed by atoms with Gasteiger partial charge in [-0.3, -0.25) is 4.31 Å². The average molecular weight is 516 g/mol. The molecule has 0 amide bonds. The van der Waals surface area contributed by atoms with Gasteiger partial charge in [-0.25, -0.2) is 22.2 Å². The SMILES string of the molecule is C[C@H](c1ccccc1CCCn1ccnc1)N(c1cc(F)ccc1F)S(=O)(=O)c1ccc(Cl)cc1. The molecule has 0 spiro atoms. The number of benzene rings is 3. The number of nitrogens with zero attached hydrogens (tertiary/aromatic N) is 3. The Labute approximate surface area is 208 Å². The fourth-order valence-corrected chi connectivity index (χ4v) is 5.85. The lowest BCUT2D eigenvalue weighted by Gasteiger charge is -2.32. The van der Waals surface area contributed by atoms with E-state index >= 15 is 0 Å². The number of imidazole rings is 1. The predicted molar refractivity (Wildman–Crippen MR) is 133 cm³/mol. The van der Waals surface area contributed by atoms with Crippen LogP contribution in [0.1, 0.15) is 30.5 Å². The lowest BCUT2D eigenvalue weighted by Crippen LogP contribution is -2.35. The number of hydrogen-bond donors (Lipinski definition) is 0. The van der Waals surface area contributed by atoms with Gasteiger partial charge in [-0.1, -0.05) is 35.9 Å². The molecular formula is C26H24ClF2N3O2S. The van der Waals surface area contributed by atoms with Gasteiger partial charge in [0.1, 0.15) is 11.6 Å². The normalized spacial score (nSPS) is 12.5. The van der Waals surface area contributed by atoms with Crippen LogP contribution in [0, 0.1) is 11.6 Å². The van der Waals surface area contributed by atoms with Crippen molar-refractivity contribution >= 4 is 27.3 Å². The second-order valence-electron chi connectivity index (χ2n) is 8.13. The minimum Gasteiger partial charge on any atom is -0.337 e. The summed E-state index contributed by atoms with van der Waals surface area (Å²) in [7, 11) is -4.27. The summed E-state index contributed by atoms with van der Waals surface area (Å²) in [6.07, 6.45) is 6.78. The topological polar surface area (TPSA) is 55.2 Å². The molecular weight excluding hydrogens is 492 g/mol. The summed E-state index contributed by atoms with van der Waals surface area (Å²) >= 11 is 5.95. The van der Waals surface area contributed by atoms with Crippen LogP contribution >= 0.6 is 11.6 Å². The van der Waals surface area contributed by atoms with Crippen LogP contribution in [-0.4, -0.2) is 18.0 Å². The average Bonchev–Trinajstić information content (AvgIpc) is 3.35. The smallest absolute Gasteiger partial charge is 0.264 e. The Bertz CT molecular complexity index is 1390. The maximum absolute atomic E-state index is 15.0. The molecule has 0 aliphatic heterocycles. The van der Waals surface area contributed by atoms with Crippen LogP contribution in [0.15, 0.2) is 90.3 Å². The van der Waals surface area contributed by atoms with Gasteiger partial charge < -0.3 is 4.57 Å². The van der Waals surface area contributed by atoms with E-state index in [0.29, 0.717) is 17.0 Å². The standard InChI is InChI=1S/C26H24ClF2N3O2S/c1-19(24-7-3-2-5-20(24)6-4-15-31-16-14-30-18-31)32(26-17-22(28)10-13-25(26)29)35(33,34)23-11-8-21(27)9-12-23/h2-3,5,7-14,16-19H,4,6,15H2,1H3/t19-/m1/s1. The van der Waals surface area contributed by atoms with Crippen molar-refractivity contribution in [2.45, 2.75) is 37.2 Å². The molecule has 1 atom stereocenters. The second kappa shape index (κ2) is 10.6. The van der Waals surface area contributed by atoms with Crippen molar-refractivity contribution in [2.75, 3.05) is 4.31 Å². The van der Waals surface area contributed by atoms with Crippen LogP contribution in [0.4, 0.5) is 14.5 Å². The summed E-state index contributed by atoms with van der Waals surface area (Å²) in [6, 6.07) is 15.0. The minimum absolute atomic E-state index is 0.0741. The number of anilines is 1. The lowest BCUT2D eigenvalue weighted by atomic mass is 9.97. The minimum atomic E-state index is -4.27. The fraction of sp³-hybridized carbons (Fsp3) is 0.192. The van der Waals surface area contributed by atoms with E-state index in [-0.39, 0.29) is 10.6 Å². The summed E-state index contributed by atoms with van der Waals surface area (Å²) in [4.78, 5) is 3.97. The van der Waals surface area contributed by atoms with E-state index in [1.165, 1.54) is 24.3 Å². The maximum Gasteiger partial charge on any atom is 0.264 e. The molecule has 0 saturated carbocycles. The number of aryl methyl sites for hydroxylation is 2. The molecule has 182 valence electrons. The van der Waals surface area contributed by atoms with Gasteiger partial charge in [-0.15, -0.1) is 0 Å². The van der Waals surface area contributed by atoms with Crippen molar-refractivity contribution < 1.29 is 17.2 Å². The molecule has 0 aliphatic rings. The summed E-state index contributed by atoms with van der Waals surface area (Å²) in [5.41, 5.74) is 1.27. The first-order chi connectivity index (χ1) is 16.8. The molecule has 1 heterocycles. The first-order valence-electron chi connectivity index (χ1n) is 11.1. The van der Waals surface area contributed by atoms with Gasteiger partial charge >= 0.3 is 0 Å². The van der Waals surface area contributed by atoms with Crippen LogP contribution in [0.25, 0.3) is 0 Å². The van der Waals surface area contributed by atoms with E-state index in [2.05, 4.69) is 4.98 Å². The van der Waals surface area contributed by atoms with Crippen molar-refractivity contribution in [2.24, 2.45) is 0 Å². The highest BCUT2D eigenvalue weighted by atomic mass is 35.5. The molecule has 1 aromatic heterocycles. The molecule has 35 heavy (non-hydrogen) atoms. The zero-order chi connectivity index (χ0) is 25.0. The number of halogens is 3. The van der Waals surface area contributed by atoms with Crippen molar-refractivity contribution in [3.8, 4) is 0 Å². The van der Waals surface area contributed by atoms with Crippen LogP contribution in [-0.2, 0) is 23.0 Å². The highest BCUT2D eigenvalue weighted by Gasteiger charge is 2.33. The van der Waals surface area contributed by atoms with Gasteiger partial charge in [0.2, 0.25) is 0 Å². The third-order valence-electron chi connectivity index (χ3n) is 5.79. The zero-order valence-electron chi connectivity index (χ0n) is 19.0. The van der Waals surface area contributed by atoms with E-state index < -0.39 is 27.7 Å². The Morgan fingerprint density at radius 1 is 1.06 bits per heavy atom. The van der Waals surface area contributed by atoms with Crippen molar-refractivity contribution in [3.63, 3.8) is 0 Å². The van der Waals surface area contributed by atoms with Gasteiger partial charge in [0.05, 0.1) is 23.0 Å². The van der Waals surface area contributed by atoms with Gasteiger partial charge in [-0.05, 0) is 67.3 Å². The van der Waals surface area contributed by atoms with Gasteiger partial charge in [0, 0.05) is 30.0 Å². The van der Waals surface area contributed by atoms with E-state index in [1.54, 1.807) is 25.5 Å². The quantitative estimate of drug-likeness (QED) is 0.259. The number of aromatic nitrogens is 2. The molecule has 0 saturated heterocycles.